The third kappa shape index (κ3) is 4.66. The lowest BCUT2D eigenvalue weighted by molar-refractivity contribution is -0.124. The van der Waals surface area contributed by atoms with Crippen LogP contribution in [0.4, 0.5) is 5.69 Å². The molecule has 7 heteroatoms. The van der Waals surface area contributed by atoms with Gasteiger partial charge in [-0.05, 0) is 24.6 Å². The Labute approximate surface area is 151 Å². The molecule has 1 aromatic carbocycles. The van der Waals surface area contributed by atoms with Gasteiger partial charge in [-0.15, -0.1) is 11.3 Å². The van der Waals surface area contributed by atoms with Gasteiger partial charge in [-0.2, -0.15) is 0 Å². The van der Waals surface area contributed by atoms with Crippen molar-refractivity contribution in [3.05, 3.63) is 52.0 Å². The zero-order chi connectivity index (χ0) is 17.6. The van der Waals surface area contributed by atoms with E-state index in [0.29, 0.717) is 0 Å². The van der Waals surface area contributed by atoms with Gasteiger partial charge in [0.1, 0.15) is 5.01 Å². The number of rotatable bonds is 5. The number of hydrogen-bond acceptors (Lipinski definition) is 6. The van der Waals surface area contributed by atoms with Gasteiger partial charge in [0.15, 0.2) is 0 Å². The number of anilines is 1. The Bertz CT molecular complexity index is 751. The maximum atomic E-state index is 11.2. The Kier molecular flexibility index (Phi) is 5.80. The van der Waals surface area contributed by atoms with Gasteiger partial charge in [-0.1, -0.05) is 18.2 Å². The Hall–Kier alpha value is -2.22. The van der Waals surface area contributed by atoms with E-state index in [1.165, 1.54) is 11.1 Å². The van der Waals surface area contributed by atoms with E-state index in [9.17, 15) is 4.79 Å². The molecule has 2 N–H and O–H groups in total. The van der Waals surface area contributed by atoms with Crippen molar-refractivity contribution in [2.24, 2.45) is 0 Å². The molecule has 3 rings (SSSR count). The summed E-state index contributed by atoms with van der Waals surface area (Å²) in [5.74, 6) is -0.529. The van der Waals surface area contributed by atoms with Gasteiger partial charge < -0.3 is 4.90 Å². The molecule has 6 nitrogen and oxygen atoms in total. The molecule has 0 atom stereocenters. The first-order valence-electron chi connectivity index (χ1n) is 8.25. The first-order valence-corrected chi connectivity index (χ1v) is 9.13. The van der Waals surface area contributed by atoms with Crippen LogP contribution in [0.5, 0.6) is 0 Å². The highest BCUT2D eigenvalue weighted by Gasteiger charge is 2.19. The molecule has 132 valence electrons. The molecule has 0 unspecified atom stereocenters. The fourth-order valence-electron chi connectivity index (χ4n) is 2.93. The Balaban J connectivity index is 1.63. The van der Waals surface area contributed by atoms with Crippen molar-refractivity contribution < 1.29 is 10.0 Å². The Morgan fingerprint density at radius 3 is 2.76 bits per heavy atom. The van der Waals surface area contributed by atoms with Crippen molar-refractivity contribution in [3.8, 4) is 0 Å². The molecule has 2 aromatic rings. The summed E-state index contributed by atoms with van der Waals surface area (Å²) in [5.41, 5.74) is 4.78. The second kappa shape index (κ2) is 8.24. The molecule has 1 saturated heterocycles. The van der Waals surface area contributed by atoms with Gasteiger partial charge in [0.05, 0.1) is 6.54 Å². The normalized spacial score (nSPS) is 15.7. The van der Waals surface area contributed by atoms with E-state index in [0.717, 1.165) is 49.7 Å². The van der Waals surface area contributed by atoms with Crippen LogP contribution in [0.1, 0.15) is 16.3 Å². The van der Waals surface area contributed by atoms with Crippen molar-refractivity contribution in [1.29, 1.82) is 0 Å². The molecule has 0 aliphatic carbocycles. The quantitative estimate of drug-likeness (QED) is 0.488. The van der Waals surface area contributed by atoms with Crippen molar-refractivity contribution in [3.63, 3.8) is 0 Å². The fraction of sp³-hybridized carbons (Fsp3) is 0.333. The maximum Gasteiger partial charge on any atom is 0.267 e. The number of para-hydroxylation sites is 1. The summed E-state index contributed by atoms with van der Waals surface area (Å²) in [6, 6.07) is 7.99. The van der Waals surface area contributed by atoms with Gasteiger partial charge in [-0.25, -0.2) is 10.5 Å². The first-order chi connectivity index (χ1) is 12.2. The van der Waals surface area contributed by atoms with Gasteiger partial charge in [0.2, 0.25) is 0 Å². The van der Waals surface area contributed by atoms with Crippen LogP contribution < -0.4 is 10.4 Å². The van der Waals surface area contributed by atoms with Crippen molar-refractivity contribution >= 4 is 29.0 Å². The molecule has 1 aliphatic heterocycles. The zero-order valence-corrected chi connectivity index (χ0v) is 15.0. The first kappa shape index (κ1) is 17.6. The minimum atomic E-state index is -0.529. The molecule has 25 heavy (non-hydrogen) atoms. The largest absolute Gasteiger partial charge is 0.368 e. The van der Waals surface area contributed by atoms with Crippen LogP contribution in [0.2, 0.25) is 0 Å². The van der Waals surface area contributed by atoms with Crippen molar-refractivity contribution in [2.45, 2.75) is 13.5 Å². The topological polar surface area (TPSA) is 68.7 Å². The monoisotopic (exact) mass is 358 g/mol. The predicted octanol–water partition coefficient (Wildman–Crippen LogP) is 2.29. The van der Waals surface area contributed by atoms with E-state index >= 15 is 0 Å². The summed E-state index contributed by atoms with van der Waals surface area (Å²) in [6.07, 6.45) is 3.06. The molecular formula is C18H22N4O2S. The smallest absolute Gasteiger partial charge is 0.267 e. The number of thiazole rings is 1. The van der Waals surface area contributed by atoms with Crippen LogP contribution in [0.25, 0.3) is 6.08 Å². The third-order valence-corrected chi connectivity index (χ3v) is 5.15. The number of aryl methyl sites for hydroxylation is 1. The molecular weight excluding hydrogens is 336 g/mol. The number of benzene rings is 1. The van der Waals surface area contributed by atoms with Crippen LogP contribution in [-0.4, -0.2) is 47.2 Å². The Morgan fingerprint density at radius 1 is 1.32 bits per heavy atom. The SMILES string of the molecule is Cc1csc(CN2CCN(c3ccccc3/C=C/C(=O)NO)CC2)n1. The number of nitrogens with one attached hydrogen (secondary N) is 1. The van der Waals surface area contributed by atoms with Crippen molar-refractivity contribution in [1.82, 2.24) is 15.4 Å². The van der Waals surface area contributed by atoms with Crippen LogP contribution in [0, 0.1) is 6.92 Å². The van der Waals surface area contributed by atoms with Gasteiger partial charge in [0, 0.05) is 49.0 Å². The molecule has 0 bridgehead atoms. The maximum absolute atomic E-state index is 11.2. The minimum Gasteiger partial charge on any atom is -0.368 e. The average Bonchev–Trinajstić information content (AvgIpc) is 3.05. The molecule has 0 saturated carbocycles. The fourth-order valence-corrected chi connectivity index (χ4v) is 3.75. The van der Waals surface area contributed by atoms with Crippen LogP contribution in [-0.2, 0) is 11.3 Å². The lowest BCUT2D eigenvalue weighted by Gasteiger charge is -2.36. The molecule has 0 spiro atoms. The number of amides is 1. The Morgan fingerprint density at radius 2 is 2.08 bits per heavy atom. The summed E-state index contributed by atoms with van der Waals surface area (Å²) in [7, 11) is 0. The zero-order valence-electron chi connectivity index (χ0n) is 14.2. The summed E-state index contributed by atoms with van der Waals surface area (Å²) in [4.78, 5) is 20.5. The number of aromatic nitrogens is 1. The van der Waals surface area contributed by atoms with Crippen LogP contribution >= 0.6 is 11.3 Å². The van der Waals surface area contributed by atoms with E-state index in [-0.39, 0.29) is 0 Å². The van der Waals surface area contributed by atoms with Gasteiger partial charge in [-0.3, -0.25) is 14.9 Å². The molecule has 1 amide bonds. The highest BCUT2D eigenvalue weighted by atomic mass is 32.1. The van der Waals surface area contributed by atoms with E-state index in [4.69, 9.17) is 5.21 Å². The number of piperazine rings is 1. The summed E-state index contributed by atoms with van der Waals surface area (Å²) in [6.45, 7) is 6.76. The second-order valence-corrected chi connectivity index (χ2v) is 6.96. The standard InChI is InChI=1S/C18H22N4O2S/c1-14-13-25-18(19-14)12-21-8-10-22(11-9-21)16-5-3-2-4-15(16)6-7-17(23)20-24/h2-7,13,24H,8-12H2,1H3,(H,20,23)/b7-6+. The van der Waals surface area contributed by atoms with E-state index in [1.807, 2.05) is 25.1 Å². The molecule has 1 aliphatic rings. The average molecular weight is 358 g/mol. The number of carbonyl (C=O) groups is 1. The molecule has 2 heterocycles. The highest BCUT2D eigenvalue weighted by Crippen LogP contribution is 2.23. The summed E-state index contributed by atoms with van der Waals surface area (Å²) >= 11 is 1.72. The third-order valence-electron chi connectivity index (χ3n) is 4.20. The second-order valence-electron chi connectivity index (χ2n) is 6.01. The van der Waals surface area contributed by atoms with Crippen molar-refractivity contribution in [2.75, 3.05) is 31.1 Å². The summed E-state index contributed by atoms with van der Waals surface area (Å²) < 4.78 is 0. The minimum absolute atomic E-state index is 0.529. The molecule has 1 aromatic heterocycles. The van der Waals surface area contributed by atoms with E-state index in [2.05, 4.69) is 26.2 Å². The lowest BCUT2D eigenvalue weighted by atomic mass is 10.1. The van der Waals surface area contributed by atoms with Gasteiger partial charge >= 0.3 is 0 Å². The van der Waals surface area contributed by atoms with E-state index in [1.54, 1.807) is 22.9 Å². The summed E-state index contributed by atoms with van der Waals surface area (Å²) in [5, 5.41) is 11.9. The highest BCUT2D eigenvalue weighted by molar-refractivity contribution is 7.09. The number of hydroxylamine groups is 1. The lowest BCUT2D eigenvalue weighted by Crippen LogP contribution is -2.46. The van der Waals surface area contributed by atoms with Gasteiger partial charge in [0.25, 0.3) is 5.91 Å². The van der Waals surface area contributed by atoms with E-state index < -0.39 is 5.91 Å². The molecule has 1 fully saturated rings. The number of hydrogen-bond donors (Lipinski definition) is 2. The van der Waals surface area contributed by atoms with Crippen LogP contribution in [0.15, 0.2) is 35.7 Å². The van der Waals surface area contributed by atoms with Crippen LogP contribution in [0.3, 0.4) is 0 Å². The predicted molar refractivity (Wildman–Crippen MR) is 99.7 cm³/mol. The number of nitrogens with zero attached hydrogens (tertiary/aromatic N) is 3. The number of carbonyl (C=O) groups excluding carboxylic acids is 1. The molecule has 0 radical (unpaired) electrons.